The number of hydrogen-bond donors (Lipinski definition) is 0. The molecule has 5 heteroatoms. The van der Waals surface area contributed by atoms with Crippen molar-refractivity contribution in [1.82, 2.24) is 9.88 Å². The number of likely N-dealkylation sites (tertiary alicyclic amines) is 1. The Kier molecular flexibility index (Phi) is 4.18. The standard InChI is InChI=1S/C11H15ClN2OS/c12-7-9-8-16-10(13-9)4-6-14-5-2-1-3-11(14)15/h8H,1-7H2. The number of piperidine rings is 1. The maximum atomic E-state index is 11.6. The summed E-state index contributed by atoms with van der Waals surface area (Å²) in [5.41, 5.74) is 0.937. The molecule has 1 aromatic rings. The van der Waals surface area contributed by atoms with Crippen molar-refractivity contribution in [2.24, 2.45) is 0 Å². The van der Waals surface area contributed by atoms with Crippen LogP contribution in [0.5, 0.6) is 0 Å². The number of rotatable bonds is 4. The van der Waals surface area contributed by atoms with E-state index in [0.29, 0.717) is 18.2 Å². The van der Waals surface area contributed by atoms with Crippen LogP contribution in [-0.2, 0) is 17.1 Å². The zero-order valence-electron chi connectivity index (χ0n) is 9.12. The number of carbonyl (C=O) groups excluding carboxylic acids is 1. The molecule has 0 aliphatic carbocycles. The second kappa shape index (κ2) is 5.64. The van der Waals surface area contributed by atoms with Gasteiger partial charge in [0.25, 0.3) is 0 Å². The molecule has 0 radical (unpaired) electrons. The fourth-order valence-electron chi connectivity index (χ4n) is 1.85. The second-order valence-electron chi connectivity index (χ2n) is 3.95. The highest BCUT2D eigenvalue weighted by molar-refractivity contribution is 7.09. The van der Waals surface area contributed by atoms with Crippen molar-refractivity contribution in [2.45, 2.75) is 31.6 Å². The molecule has 1 aromatic heterocycles. The number of thiazole rings is 1. The summed E-state index contributed by atoms with van der Waals surface area (Å²) < 4.78 is 0. The number of alkyl halides is 1. The summed E-state index contributed by atoms with van der Waals surface area (Å²) >= 11 is 7.32. The van der Waals surface area contributed by atoms with Crippen LogP contribution in [0.4, 0.5) is 0 Å². The van der Waals surface area contributed by atoms with Crippen LogP contribution in [0.1, 0.15) is 30.0 Å². The highest BCUT2D eigenvalue weighted by Crippen LogP contribution is 2.15. The van der Waals surface area contributed by atoms with E-state index >= 15 is 0 Å². The van der Waals surface area contributed by atoms with E-state index in [1.54, 1.807) is 11.3 Å². The number of carbonyl (C=O) groups is 1. The molecule has 0 N–H and O–H groups in total. The molecular weight excluding hydrogens is 244 g/mol. The van der Waals surface area contributed by atoms with Gasteiger partial charge in [-0.2, -0.15) is 0 Å². The average molecular weight is 259 g/mol. The first-order chi connectivity index (χ1) is 7.79. The minimum absolute atomic E-state index is 0.292. The highest BCUT2D eigenvalue weighted by Gasteiger charge is 2.17. The maximum Gasteiger partial charge on any atom is 0.222 e. The second-order valence-corrected chi connectivity index (χ2v) is 5.16. The van der Waals surface area contributed by atoms with Crippen molar-refractivity contribution < 1.29 is 4.79 Å². The Morgan fingerprint density at radius 2 is 2.38 bits per heavy atom. The lowest BCUT2D eigenvalue weighted by molar-refractivity contribution is -0.133. The van der Waals surface area contributed by atoms with Crippen LogP contribution < -0.4 is 0 Å². The summed E-state index contributed by atoms with van der Waals surface area (Å²) in [5, 5.41) is 3.06. The van der Waals surface area contributed by atoms with Crippen LogP contribution in [0.25, 0.3) is 0 Å². The highest BCUT2D eigenvalue weighted by atomic mass is 35.5. The molecule has 0 unspecified atom stereocenters. The van der Waals surface area contributed by atoms with Crippen molar-refractivity contribution in [3.05, 3.63) is 16.1 Å². The molecule has 0 atom stereocenters. The molecule has 16 heavy (non-hydrogen) atoms. The van der Waals surface area contributed by atoms with Crippen LogP contribution >= 0.6 is 22.9 Å². The predicted molar refractivity (Wildman–Crippen MR) is 65.8 cm³/mol. The van der Waals surface area contributed by atoms with Gasteiger partial charge in [0.15, 0.2) is 0 Å². The Morgan fingerprint density at radius 1 is 1.50 bits per heavy atom. The molecule has 0 aromatic carbocycles. The summed E-state index contributed by atoms with van der Waals surface area (Å²) in [4.78, 5) is 17.9. The molecule has 0 saturated carbocycles. The van der Waals surface area contributed by atoms with E-state index in [0.717, 1.165) is 43.1 Å². The maximum absolute atomic E-state index is 11.6. The van der Waals surface area contributed by atoms with Gasteiger partial charge in [-0.1, -0.05) is 0 Å². The first-order valence-corrected chi connectivity index (χ1v) is 6.98. The Balaban J connectivity index is 1.84. The third-order valence-electron chi connectivity index (χ3n) is 2.75. The van der Waals surface area contributed by atoms with E-state index in [-0.39, 0.29) is 0 Å². The third kappa shape index (κ3) is 2.95. The largest absolute Gasteiger partial charge is 0.342 e. The van der Waals surface area contributed by atoms with Crippen molar-refractivity contribution in [1.29, 1.82) is 0 Å². The first-order valence-electron chi connectivity index (χ1n) is 5.56. The van der Waals surface area contributed by atoms with E-state index in [1.807, 2.05) is 10.3 Å². The van der Waals surface area contributed by atoms with Gasteiger partial charge in [0, 0.05) is 31.3 Å². The van der Waals surface area contributed by atoms with Gasteiger partial charge in [-0.3, -0.25) is 4.79 Å². The lowest BCUT2D eigenvalue weighted by Crippen LogP contribution is -2.36. The Hall–Kier alpha value is -0.610. The van der Waals surface area contributed by atoms with Crippen LogP contribution in [0.2, 0.25) is 0 Å². The lowest BCUT2D eigenvalue weighted by atomic mass is 10.1. The molecule has 0 bridgehead atoms. The Morgan fingerprint density at radius 3 is 3.06 bits per heavy atom. The minimum Gasteiger partial charge on any atom is -0.342 e. The quantitative estimate of drug-likeness (QED) is 0.778. The number of nitrogens with zero attached hydrogens (tertiary/aromatic N) is 2. The molecule has 88 valence electrons. The van der Waals surface area contributed by atoms with Gasteiger partial charge >= 0.3 is 0 Å². The number of hydrogen-bond acceptors (Lipinski definition) is 3. The van der Waals surface area contributed by atoms with Crippen LogP contribution in [0.3, 0.4) is 0 Å². The molecule has 1 saturated heterocycles. The fraction of sp³-hybridized carbons (Fsp3) is 0.636. The number of halogens is 1. The number of amides is 1. The molecule has 1 aliphatic rings. The molecular formula is C11H15ClN2OS. The summed E-state index contributed by atoms with van der Waals surface area (Å²) in [6, 6.07) is 0. The lowest BCUT2D eigenvalue weighted by Gasteiger charge is -2.26. The van der Waals surface area contributed by atoms with Gasteiger partial charge in [-0.05, 0) is 12.8 Å². The van der Waals surface area contributed by atoms with Gasteiger partial charge in [-0.25, -0.2) is 4.98 Å². The third-order valence-corrected chi connectivity index (χ3v) is 3.98. The summed E-state index contributed by atoms with van der Waals surface area (Å²) in [6.45, 7) is 1.71. The summed E-state index contributed by atoms with van der Waals surface area (Å²) in [6.07, 6.45) is 3.75. The zero-order chi connectivity index (χ0) is 11.4. The predicted octanol–water partition coefficient (Wildman–Crippen LogP) is 2.44. The van der Waals surface area contributed by atoms with Gasteiger partial charge in [0.05, 0.1) is 16.6 Å². The topological polar surface area (TPSA) is 33.2 Å². The molecule has 3 nitrogen and oxygen atoms in total. The molecule has 1 amide bonds. The Labute approximate surface area is 104 Å². The summed E-state index contributed by atoms with van der Waals surface area (Å²) in [7, 11) is 0. The van der Waals surface area contributed by atoms with Crippen molar-refractivity contribution in [2.75, 3.05) is 13.1 Å². The van der Waals surface area contributed by atoms with Crippen molar-refractivity contribution >= 4 is 28.8 Å². The van der Waals surface area contributed by atoms with Crippen LogP contribution in [0, 0.1) is 0 Å². The monoisotopic (exact) mass is 258 g/mol. The van der Waals surface area contributed by atoms with E-state index < -0.39 is 0 Å². The van der Waals surface area contributed by atoms with Crippen LogP contribution in [-0.4, -0.2) is 28.9 Å². The smallest absolute Gasteiger partial charge is 0.222 e. The Bertz CT molecular complexity index is 367. The van der Waals surface area contributed by atoms with Crippen molar-refractivity contribution in [3.8, 4) is 0 Å². The zero-order valence-corrected chi connectivity index (χ0v) is 10.7. The van der Waals surface area contributed by atoms with Gasteiger partial charge in [0.1, 0.15) is 0 Å². The van der Waals surface area contributed by atoms with E-state index in [4.69, 9.17) is 11.6 Å². The molecule has 0 spiro atoms. The minimum atomic E-state index is 0.292. The molecule has 2 heterocycles. The van der Waals surface area contributed by atoms with E-state index in [9.17, 15) is 4.79 Å². The molecule has 2 rings (SSSR count). The normalized spacial score (nSPS) is 16.8. The van der Waals surface area contributed by atoms with Crippen LogP contribution in [0.15, 0.2) is 5.38 Å². The van der Waals surface area contributed by atoms with Gasteiger partial charge in [-0.15, -0.1) is 22.9 Å². The van der Waals surface area contributed by atoms with E-state index in [2.05, 4.69) is 4.98 Å². The first kappa shape index (κ1) is 11.9. The number of aromatic nitrogens is 1. The fourth-order valence-corrected chi connectivity index (χ4v) is 2.87. The molecule has 1 aliphatic heterocycles. The van der Waals surface area contributed by atoms with Gasteiger partial charge in [0.2, 0.25) is 5.91 Å². The van der Waals surface area contributed by atoms with Gasteiger partial charge < -0.3 is 4.90 Å². The van der Waals surface area contributed by atoms with E-state index in [1.165, 1.54) is 0 Å². The van der Waals surface area contributed by atoms with Crippen molar-refractivity contribution in [3.63, 3.8) is 0 Å². The average Bonchev–Trinajstić information content (AvgIpc) is 2.76. The summed E-state index contributed by atoms with van der Waals surface area (Å²) in [5.74, 6) is 0.763. The molecule has 1 fully saturated rings. The SMILES string of the molecule is O=C1CCCCN1CCc1nc(CCl)cs1.